The molecule has 184 valence electrons. The Bertz CT molecular complexity index is 1270. The Morgan fingerprint density at radius 2 is 1.77 bits per heavy atom. The summed E-state index contributed by atoms with van der Waals surface area (Å²) < 4.78 is 28.0. The first-order valence-corrected chi connectivity index (χ1v) is 12.2. The van der Waals surface area contributed by atoms with Gasteiger partial charge in [0, 0.05) is 31.1 Å². The number of halogens is 1. The van der Waals surface area contributed by atoms with Crippen molar-refractivity contribution in [2.45, 2.75) is 52.2 Å². The number of phenols is 1. The second-order valence-corrected chi connectivity index (χ2v) is 10.2. The molecule has 2 aliphatic carbocycles. The molecule has 0 radical (unpaired) electrons. The van der Waals surface area contributed by atoms with Crippen molar-refractivity contribution >= 4 is 6.08 Å². The summed E-state index contributed by atoms with van der Waals surface area (Å²) in [6.07, 6.45) is 7.99. The van der Waals surface area contributed by atoms with Gasteiger partial charge in [0.2, 0.25) is 0 Å². The zero-order valence-corrected chi connectivity index (χ0v) is 21.1. The molecule has 2 aromatic carbocycles. The van der Waals surface area contributed by atoms with Gasteiger partial charge in [-0.3, -0.25) is 0 Å². The van der Waals surface area contributed by atoms with E-state index in [4.69, 9.17) is 9.47 Å². The van der Waals surface area contributed by atoms with Crippen molar-refractivity contribution in [3.63, 3.8) is 0 Å². The summed E-state index contributed by atoms with van der Waals surface area (Å²) in [6.45, 7) is 6.32. The number of ether oxygens (including phenoxy) is 2. The number of aromatic nitrogens is 2. The monoisotopic (exact) mass is 476 g/mol. The van der Waals surface area contributed by atoms with Crippen molar-refractivity contribution in [3.05, 3.63) is 81.9 Å². The van der Waals surface area contributed by atoms with Gasteiger partial charge in [0.15, 0.2) is 5.79 Å². The molecule has 6 heteroatoms. The quantitative estimate of drug-likeness (QED) is 0.444. The van der Waals surface area contributed by atoms with E-state index in [1.165, 1.54) is 17.7 Å². The first-order chi connectivity index (χ1) is 16.7. The maximum absolute atomic E-state index is 13.5. The van der Waals surface area contributed by atoms with Crippen LogP contribution in [0.5, 0.6) is 5.75 Å². The summed E-state index contributed by atoms with van der Waals surface area (Å²) in [5, 5.41) is 14.8. The van der Waals surface area contributed by atoms with Crippen LogP contribution in [0.15, 0.2) is 48.2 Å². The molecule has 5 rings (SSSR count). The van der Waals surface area contributed by atoms with Crippen molar-refractivity contribution in [3.8, 4) is 11.4 Å². The molecule has 1 heterocycles. The SMILES string of the molecule is COC(OC)(c1c(C)cc(O)cc1C)C1CCCC2=Cc3c(cnn3-c3ccc(F)cc3)CC21C. The Hall–Kier alpha value is -2.96. The van der Waals surface area contributed by atoms with Crippen LogP contribution in [0.2, 0.25) is 0 Å². The Kier molecular flexibility index (Phi) is 5.85. The second-order valence-electron chi connectivity index (χ2n) is 10.2. The lowest BCUT2D eigenvalue weighted by Gasteiger charge is -2.53. The van der Waals surface area contributed by atoms with Gasteiger partial charge in [-0.2, -0.15) is 5.10 Å². The molecule has 35 heavy (non-hydrogen) atoms. The Morgan fingerprint density at radius 1 is 1.11 bits per heavy atom. The molecule has 3 aromatic rings. The van der Waals surface area contributed by atoms with Crippen molar-refractivity contribution < 1.29 is 19.0 Å². The highest BCUT2D eigenvalue weighted by molar-refractivity contribution is 5.61. The molecule has 1 aromatic heterocycles. The highest BCUT2D eigenvalue weighted by atomic mass is 19.1. The van der Waals surface area contributed by atoms with Gasteiger partial charge in [-0.25, -0.2) is 9.07 Å². The third-order valence-corrected chi connectivity index (χ3v) is 8.20. The van der Waals surface area contributed by atoms with Crippen molar-refractivity contribution in [2.75, 3.05) is 14.2 Å². The van der Waals surface area contributed by atoms with Crippen molar-refractivity contribution in [2.24, 2.45) is 11.3 Å². The van der Waals surface area contributed by atoms with Crippen LogP contribution < -0.4 is 0 Å². The third-order valence-electron chi connectivity index (χ3n) is 8.20. The van der Waals surface area contributed by atoms with Crippen LogP contribution in [0.3, 0.4) is 0 Å². The van der Waals surface area contributed by atoms with Crippen LogP contribution >= 0.6 is 0 Å². The maximum atomic E-state index is 13.5. The zero-order valence-electron chi connectivity index (χ0n) is 21.1. The molecule has 0 bridgehead atoms. The minimum Gasteiger partial charge on any atom is -0.508 e. The number of benzene rings is 2. The molecule has 1 fully saturated rings. The number of hydrogen-bond acceptors (Lipinski definition) is 4. The van der Waals surface area contributed by atoms with Gasteiger partial charge in [0.1, 0.15) is 11.6 Å². The Balaban J connectivity index is 1.62. The van der Waals surface area contributed by atoms with E-state index in [1.54, 1.807) is 38.5 Å². The molecule has 0 spiro atoms. The fraction of sp³-hybridized carbons (Fsp3) is 0.414. The number of rotatable bonds is 5. The number of fused-ring (bicyclic) bond motifs is 2. The number of phenolic OH excluding ortho intramolecular Hbond substituents is 1. The fourth-order valence-electron chi connectivity index (χ4n) is 6.67. The maximum Gasteiger partial charge on any atom is 0.198 e. The molecule has 2 atom stereocenters. The molecule has 1 N–H and O–H groups in total. The molecule has 1 saturated carbocycles. The first-order valence-electron chi connectivity index (χ1n) is 12.2. The zero-order chi connectivity index (χ0) is 25.0. The van der Waals surface area contributed by atoms with Crippen LogP contribution in [0, 0.1) is 31.0 Å². The van der Waals surface area contributed by atoms with Crippen molar-refractivity contribution in [1.29, 1.82) is 0 Å². The summed E-state index contributed by atoms with van der Waals surface area (Å²) in [5.74, 6) is -0.920. The van der Waals surface area contributed by atoms with E-state index >= 15 is 0 Å². The smallest absolute Gasteiger partial charge is 0.198 e. The minimum atomic E-state index is -0.958. The molecule has 0 saturated heterocycles. The molecule has 0 aliphatic heterocycles. The van der Waals surface area contributed by atoms with Crippen molar-refractivity contribution in [1.82, 2.24) is 9.78 Å². The van der Waals surface area contributed by atoms with E-state index in [1.807, 2.05) is 24.7 Å². The Labute approximate surface area is 206 Å². The van der Waals surface area contributed by atoms with Gasteiger partial charge in [0.25, 0.3) is 0 Å². The topological polar surface area (TPSA) is 56.5 Å². The number of nitrogens with zero attached hydrogens (tertiary/aromatic N) is 2. The van der Waals surface area contributed by atoms with E-state index in [0.717, 1.165) is 59.3 Å². The highest BCUT2D eigenvalue weighted by Gasteiger charge is 2.55. The van der Waals surface area contributed by atoms with Crippen LogP contribution in [0.4, 0.5) is 4.39 Å². The van der Waals surface area contributed by atoms with E-state index in [0.29, 0.717) is 0 Å². The van der Waals surface area contributed by atoms with Gasteiger partial charge in [0.05, 0.1) is 17.6 Å². The fourth-order valence-corrected chi connectivity index (χ4v) is 6.67. The number of aryl methyl sites for hydroxylation is 2. The first kappa shape index (κ1) is 23.8. The summed E-state index contributed by atoms with van der Waals surface area (Å²) in [6, 6.07) is 10.0. The predicted octanol–water partition coefficient (Wildman–Crippen LogP) is 6.23. The summed E-state index contributed by atoms with van der Waals surface area (Å²) in [7, 11) is 3.44. The average molecular weight is 477 g/mol. The van der Waals surface area contributed by atoms with E-state index in [2.05, 4.69) is 18.1 Å². The largest absolute Gasteiger partial charge is 0.508 e. The van der Waals surface area contributed by atoms with Gasteiger partial charge < -0.3 is 14.6 Å². The number of hydrogen-bond donors (Lipinski definition) is 1. The molecule has 5 nitrogen and oxygen atoms in total. The standard InChI is InChI=1S/C29H33FN2O3/c1-18-13-24(33)14-19(2)27(18)29(34-4,35-5)26-8-6-7-21-15-25-20(16-28(21,26)3)17-31-32(25)23-11-9-22(30)10-12-23/h9-15,17,26,33H,6-8,16H2,1-5H3. The van der Waals surface area contributed by atoms with Crippen LogP contribution in [0.25, 0.3) is 11.8 Å². The molecular weight excluding hydrogens is 443 g/mol. The lowest BCUT2D eigenvalue weighted by molar-refractivity contribution is -0.272. The van der Waals surface area contributed by atoms with E-state index in [9.17, 15) is 9.50 Å². The number of methoxy groups -OCH3 is 2. The Morgan fingerprint density at radius 3 is 2.40 bits per heavy atom. The normalized spacial score (nSPS) is 21.9. The average Bonchev–Trinajstić information content (AvgIpc) is 3.22. The van der Waals surface area contributed by atoms with Gasteiger partial charge in [-0.05, 0) is 98.7 Å². The predicted molar refractivity (Wildman–Crippen MR) is 134 cm³/mol. The molecular formula is C29H33FN2O3. The molecule has 0 amide bonds. The van der Waals surface area contributed by atoms with Gasteiger partial charge >= 0.3 is 0 Å². The van der Waals surface area contributed by atoms with Crippen LogP contribution in [0.1, 0.15) is 54.1 Å². The lowest BCUT2D eigenvalue weighted by Crippen LogP contribution is -2.51. The number of aromatic hydroxyl groups is 1. The third kappa shape index (κ3) is 3.62. The van der Waals surface area contributed by atoms with Gasteiger partial charge in [-0.1, -0.05) is 12.5 Å². The molecule has 2 unspecified atom stereocenters. The summed E-state index contributed by atoms with van der Waals surface area (Å²) in [5.41, 5.74) is 7.11. The van der Waals surface area contributed by atoms with Crippen LogP contribution in [-0.2, 0) is 21.7 Å². The minimum absolute atomic E-state index is 0.0502. The van der Waals surface area contributed by atoms with E-state index < -0.39 is 5.79 Å². The number of allylic oxidation sites excluding steroid dienone is 1. The van der Waals surface area contributed by atoms with E-state index in [-0.39, 0.29) is 22.9 Å². The van der Waals surface area contributed by atoms with Gasteiger partial charge in [-0.15, -0.1) is 0 Å². The lowest BCUT2D eigenvalue weighted by atomic mass is 9.56. The highest BCUT2D eigenvalue weighted by Crippen LogP contribution is 2.58. The van der Waals surface area contributed by atoms with Crippen LogP contribution in [-0.4, -0.2) is 29.1 Å². The summed E-state index contributed by atoms with van der Waals surface area (Å²) in [4.78, 5) is 0. The summed E-state index contributed by atoms with van der Waals surface area (Å²) >= 11 is 0. The molecule has 2 aliphatic rings. The second kappa shape index (κ2) is 8.61.